The molecule has 3 heteroatoms. The van der Waals surface area contributed by atoms with Crippen LogP contribution < -0.4 is 5.32 Å². The Balaban J connectivity index is 1.99. The number of hydrogen-bond donors (Lipinski definition) is 1. The van der Waals surface area contributed by atoms with Crippen molar-refractivity contribution in [1.29, 1.82) is 0 Å². The normalized spacial score (nSPS) is 19.5. The fourth-order valence-electron chi connectivity index (χ4n) is 2.74. The minimum Gasteiger partial charge on any atom is -0.307 e. The van der Waals surface area contributed by atoms with E-state index >= 15 is 0 Å². The van der Waals surface area contributed by atoms with E-state index in [1.807, 2.05) is 18.2 Å². The molecule has 1 aliphatic rings. The summed E-state index contributed by atoms with van der Waals surface area (Å²) in [6.07, 6.45) is 8.03. The third-order valence-corrected chi connectivity index (χ3v) is 4.33. The number of benzene rings is 1. The van der Waals surface area contributed by atoms with E-state index in [0.717, 1.165) is 10.6 Å². The average molecular weight is 286 g/mol. The molecule has 18 heavy (non-hydrogen) atoms. The summed E-state index contributed by atoms with van der Waals surface area (Å²) in [6.45, 7) is 2.18. The summed E-state index contributed by atoms with van der Waals surface area (Å²) < 4.78 is 0. The fraction of sp³-hybridized carbons (Fsp3) is 0.600. The molecule has 0 amide bonds. The highest BCUT2D eigenvalue weighted by Crippen LogP contribution is 2.27. The molecule has 1 saturated carbocycles. The predicted molar refractivity (Wildman–Crippen MR) is 79.5 cm³/mol. The first-order valence-corrected chi connectivity index (χ1v) is 7.63. The van der Waals surface area contributed by atoms with Gasteiger partial charge >= 0.3 is 0 Å². The monoisotopic (exact) mass is 285 g/mol. The summed E-state index contributed by atoms with van der Waals surface area (Å²) in [7, 11) is 0. The molecule has 0 spiro atoms. The van der Waals surface area contributed by atoms with Crippen LogP contribution in [0.15, 0.2) is 18.2 Å². The quantitative estimate of drug-likeness (QED) is 0.737. The molecule has 1 aliphatic carbocycles. The molecule has 2 rings (SSSR count). The highest BCUT2D eigenvalue weighted by atomic mass is 35.5. The molecule has 0 aliphatic heterocycles. The molecule has 100 valence electrons. The van der Waals surface area contributed by atoms with E-state index < -0.39 is 0 Å². The van der Waals surface area contributed by atoms with Crippen LogP contribution in [0.25, 0.3) is 0 Å². The zero-order chi connectivity index (χ0) is 13.0. The maximum absolute atomic E-state index is 6.25. The number of nitrogens with one attached hydrogen (secondary N) is 1. The lowest BCUT2D eigenvalue weighted by atomic mass is 10.0. The molecule has 1 atom stereocenters. The van der Waals surface area contributed by atoms with Crippen LogP contribution in [-0.2, 0) is 0 Å². The first kappa shape index (κ1) is 14.2. The van der Waals surface area contributed by atoms with Crippen LogP contribution in [0.5, 0.6) is 0 Å². The minimum atomic E-state index is 0.290. The van der Waals surface area contributed by atoms with Crippen LogP contribution in [0.3, 0.4) is 0 Å². The zero-order valence-electron chi connectivity index (χ0n) is 10.9. The van der Waals surface area contributed by atoms with Crippen molar-refractivity contribution < 1.29 is 0 Å². The maximum Gasteiger partial charge on any atom is 0.0468 e. The Morgan fingerprint density at radius 3 is 2.39 bits per heavy atom. The van der Waals surface area contributed by atoms with Gasteiger partial charge in [-0.2, -0.15) is 0 Å². The smallest absolute Gasteiger partial charge is 0.0468 e. The van der Waals surface area contributed by atoms with E-state index in [-0.39, 0.29) is 6.04 Å². The Morgan fingerprint density at radius 1 is 1.11 bits per heavy atom. The van der Waals surface area contributed by atoms with Crippen molar-refractivity contribution in [2.45, 2.75) is 57.5 Å². The third-order valence-electron chi connectivity index (χ3n) is 3.77. The van der Waals surface area contributed by atoms with Gasteiger partial charge < -0.3 is 5.32 Å². The molecule has 0 heterocycles. The molecule has 0 saturated heterocycles. The summed E-state index contributed by atoms with van der Waals surface area (Å²) in [4.78, 5) is 0. The predicted octanol–water partition coefficient (Wildman–Crippen LogP) is 5.37. The van der Waals surface area contributed by atoms with E-state index in [1.54, 1.807) is 0 Å². The van der Waals surface area contributed by atoms with Gasteiger partial charge in [-0.05, 0) is 37.5 Å². The van der Waals surface area contributed by atoms with Crippen LogP contribution in [0.1, 0.15) is 57.1 Å². The van der Waals surface area contributed by atoms with Gasteiger partial charge in [0, 0.05) is 22.1 Å². The number of rotatable bonds is 3. The summed E-state index contributed by atoms with van der Waals surface area (Å²) in [5.41, 5.74) is 1.14. The van der Waals surface area contributed by atoms with Crippen LogP contribution in [-0.4, -0.2) is 6.04 Å². The molecule has 1 nitrogen and oxygen atoms in total. The van der Waals surface area contributed by atoms with Gasteiger partial charge in [0.15, 0.2) is 0 Å². The van der Waals surface area contributed by atoms with Gasteiger partial charge in [-0.3, -0.25) is 0 Å². The Hall–Kier alpha value is -0.240. The summed E-state index contributed by atoms with van der Waals surface area (Å²) in [5, 5.41) is 5.17. The number of hydrogen-bond acceptors (Lipinski definition) is 1. The molecule has 0 bridgehead atoms. The fourth-order valence-corrected chi connectivity index (χ4v) is 3.31. The van der Waals surface area contributed by atoms with Crippen molar-refractivity contribution in [3.8, 4) is 0 Å². The second-order valence-corrected chi connectivity index (χ2v) is 6.09. The highest BCUT2D eigenvalue weighted by molar-refractivity contribution is 6.35. The van der Waals surface area contributed by atoms with E-state index in [4.69, 9.17) is 23.2 Å². The van der Waals surface area contributed by atoms with Gasteiger partial charge in [-0.1, -0.05) is 55.0 Å². The summed E-state index contributed by atoms with van der Waals surface area (Å²) in [6, 6.07) is 6.68. The molecule has 1 aromatic rings. The average Bonchev–Trinajstić information content (AvgIpc) is 2.57. The molecular formula is C15H21Cl2N. The van der Waals surface area contributed by atoms with E-state index in [2.05, 4.69) is 12.2 Å². The molecule has 1 fully saturated rings. The van der Waals surface area contributed by atoms with E-state index in [1.165, 1.54) is 38.5 Å². The van der Waals surface area contributed by atoms with E-state index in [9.17, 15) is 0 Å². The van der Waals surface area contributed by atoms with Gasteiger partial charge in [0.05, 0.1) is 0 Å². The Morgan fingerprint density at radius 2 is 1.78 bits per heavy atom. The minimum absolute atomic E-state index is 0.290. The second kappa shape index (κ2) is 6.79. The molecular weight excluding hydrogens is 265 g/mol. The van der Waals surface area contributed by atoms with Gasteiger partial charge in [-0.25, -0.2) is 0 Å². The van der Waals surface area contributed by atoms with Crippen molar-refractivity contribution in [1.82, 2.24) is 5.32 Å². The largest absolute Gasteiger partial charge is 0.307 e. The lowest BCUT2D eigenvalue weighted by molar-refractivity contribution is 0.414. The Bertz CT molecular complexity index is 384. The first-order valence-electron chi connectivity index (χ1n) is 6.88. The maximum atomic E-state index is 6.25. The molecule has 1 N–H and O–H groups in total. The van der Waals surface area contributed by atoms with Gasteiger partial charge in [0.25, 0.3) is 0 Å². The zero-order valence-corrected chi connectivity index (χ0v) is 12.4. The molecule has 0 radical (unpaired) electrons. The summed E-state index contributed by atoms with van der Waals surface area (Å²) in [5.74, 6) is 0. The van der Waals surface area contributed by atoms with E-state index in [0.29, 0.717) is 11.1 Å². The SMILES string of the molecule is CC(NC1CCCCCC1)c1ccc(Cl)cc1Cl. The second-order valence-electron chi connectivity index (χ2n) is 5.24. The lowest BCUT2D eigenvalue weighted by Gasteiger charge is -2.23. The molecule has 1 aromatic carbocycles. The lowest BCUT2D eigenvalue weighted by Crippen LogP contribution is -2.31. The molecule has 0 aromatic heterocycles. The van der Waals surface area contributed by atoms with Crippen molar-refractivity contribution in [3.63, 3.8) is 0 Å². The van der Waals surface area contributed by atoms with Gasteiger partial charge in [0.1, 0.15) is 0 Å². The van der Waals surface area contributed by atoms with Gasteiger partial charge in [-0.15, -0.1) is 0 Å². The topological polar surface area (TPSA) is 12.0 Å². The molecule has 1 unspecified atom stereocenters. The Labute approximate surface area is 120 Å². The van der Waals surface area contributed by atoms with Crippen molar-refractivity contribution in [2.24, 2.45) is 0 Å². The van der Waals surface area contributed by atoms with Crippen LogP contribution in [0, 0.1) is 0 Å². The number of halogens is 2. The summed E-state index contributed by atoms with van der Waals surface area (Å²) >= 11 is 12.2. The van der Waals surface area contributed by atoms with Crippen LogP contribution >= 0.6 is 23.2 Å². The van der Waals surface area contributed by atoms with Crippen molar-refractivity contribution in [3.05, 3.63) is 33.8 Å². The van der Waals surface area contributed by atoms with Crippen LogP contribution in [0.2, 0.25) is 10.0 Å². The standard InChI is InChI=1S/C15H21Cl2N/c1-11(14-9-8-12(16)10-15(14)17)18-13-6-4-2-3-5-7-13/h8-11,13,18H,2-7H2,1H3. The first-order chi connectivity index (χ1) is 8.66. The third kappa shape index (κ3) is 3.88. The van der Waals surface area contributed by atoms with Gasteiger partial charge in [0.2, 0.25) is 0 Å². The van der Waals surface area contributed by atoms with Crippen molar-refractivity contribution in [2.75, 3.05) is 0 Å². The highest BCUT2D eigenvalue weighted by Gasteiger charge is 2.16. The Kier molecular flexibility index (Phi) is 5.35. The van der Waals surface area contributed by atoms with Crippen LogP contribution in [0.4, 0.5) is 0 Å². The van der Waals surface area contributed by atoms with Crippen molar-refractivity contribution >= 4 is 23.2 Å².